The molecule has 2 unspecified atom stereocenters. The first-order valence-corrected chi connectivity index (χ1v) is 17.9. The molecule has 6 rings (SSSR count). The van der Waals surface area contributed by atoms with Crippen LogP contribution in [0, 0.1) is 18.8 Å². The molecule has 0 spiro atoms. The van der Waals surface area contributed by atoms with E-state index in [1.54, 1.807) is 31.2 Å². The number of aliphatic hydroxyl groups excluding tert-OH is 1. The average molecular weight is 731 g/mol. The number of halogens is 6. The van der Waals surface area contributed by atoms with Crippen LogP contribution in [0.3, 0.4) is 0 Å². The number of fused-ring (bicyclic) bond motifs is 2. The largest absolute Gasteiger partial charge is 0.391 e. The van der Waals surface area contributed by atoms with Gasteiger partial charge in [-0.3, -0.25) is 0 Å². The smallest absolute Gasteiger partial charge is 0.385 e. The first-order chi connectivity index (χ1) is 23.6. The fraction of sp³-hybridized carbons (Fsp3) is 0.625. The van der Waals surface area contributed by atoms with Crippen LogP contribution >= 0.6 is 0 Å². The number of aryl methyl sites for hydroxylation is 1. The summed E-state index contributed by atoms with van der Waals surface area (Å²) in [5, 5.41) is 22.1. The number of hydrogen-bond donors (Lipinski definition) is 4. The molecule has 4 aromatic rings. The van der Waals surface area contributed by atoms with Gasteiger partial charge in [0.25, 0.3) is 0 Å². The zero-order valence-electron chi connectivity index (χ0n) is 27.3. The Morgan fingerprint density at radius 1 is 0.840 bits per heavy atom. The molecule has 0 saturated heterocycles. The Balaban J connectivity index is 1.19. The van der Waals surface area contributed by atoms with Crippen molar-refractivity contribution < 1.29 is 40.2 Å². The second-order valence-corrected chi connectivity index (χ2v) is 14.6. The third-order valence-corrected chi connectivity index (χ3v) is 11.0. The van der Waals surface area contributed by atoms with E-state index in [1.807, 2.05) is 0 Å². The Morgan fingerprint density at radius 2 is 1.34 bits per heavy atom. The minimum absolute atomic E-state index is 0.00213. The quantitative estimate of drug-likeness (QED) is 0.117. The highest BCUT2D eigenvalue weighted by Crippen LogP contribution is 2.44. The number of aliphatic hydroxyl groups is 1. The van der Waals surface area contributed by atoms with Gasteiger partial charge in [0.1, 0.15) is 11.4 Å². The van der Waals surface area contributed by atoms with E-state index in [0.29, 0.717) is 71.1 Å². The molecule has 0 aliphatic heterocycles. The number of aromatic nitrogens is 6. The molecule has 11 nitrogen and oxygen atoms in total. The zero-order valence-corrected chi connectivity index (χ0v) is 28.1. The number of alkyl halides is 6. The van der Waals surface area contributed by atoms with Gasteiger partial charge in [-0.1, -0.05) is 0 Å². The first kappa shape index (κ1) is 36.6. The fourth-order valence-corrected chi connectivity index (χ4v) is 7.97. The maximum absolute atomic E-state index is 13.2. The summed E-state index contributed by atoms with van der Waals surface area (Å²) in [6, 6.07) is 6.70. The van der Waals surface area contributed by atoms with Gasteiger partial charge in [0.2, 0.25) is 0 Å². The molecule has 5 N–H and O–H groups in total. The number of nitrogens with one attached hydrogen (secondary N) is 1. The summed E-state index contributed by atoms with van der Waals surface area (Å²) in [6.45, 7) is 1.74. The van der Waals surface area contributed by atoms with Crippen LogP contribution in [0.15, 0.2) is 24.3 Å². The Labute approximate surface area is 286 Å². The van der Waals surface area contributed by atoms with Crippen molar-refractivity contribution >= 4 is 22.4 Å². The monoisotopic (exact) mass is 730 g/mol. The Kier molecular flexibility index (Phi) is 10.6. The number of rotatable bonds is 10. The van der Waals surface area contributed by atoms with E-state index in [9.17, 15) is 40.2 Å². The van der Waals surface area contributed by atoms with Crippen LogP contribution in [0.2, 0.25) is 0 Å². The van der Waals surface area contributed by atoms with Gasteiger partial charge in [-0.15, -0.1) is 0 Å². The maximum Gasteiger partial charge on any atom is 0.391 e. The lowest BCUT2D eigenvalue weighted by atomic mass is 9.80. The van der Waals surface area contributed by atoms with Gasteiger partial charge >= 0.3 is 12.4 Å². The molecular weight excluding hydrogens is 690 g/mol. The molecule has 4 aromatic heterocycles. The number of nitrogens with zero attached hydrogens (tertiary/aromatic N) is 6. The molecule has 50 heavy (non-hydrogen) atoms. The Bertz CT molecular complexity index is 1830. The summed E-state index contributed by atoms with van der Waals surface area (Å²) in [5.41, 5.74) is 9.58. The Morgan fingerprint density at radius 3 is 1.82 bits per heavy atom. The lowest BCUT2D eigenvalue weighted by Gasteiger charge is -2.28. The summed E-state index contributed by atoms with van der Waals surface area (Å²) < 4.78 is 105. The molecule has 0 radical (unpaired) electrons. The van der Waals surface area contributed by atoms with E-state index in [1.165, 1.54) is 9.03 Å². The van der Waals surface area contributed by atoms with Crippen molar-refractivity contribution in [2.24, 2.45) is 17.6 Å². The van der Waals surface area contributed by atoms with E-state index >= 15 is 0 Å². The molecular formula is C32H40F6N8O3S. The van der Waals surface area contributed by atoms with E-state index in [4.69, 9.17) is 5.73 Å². The van der Waals surface area contributed by atoms with Gasteiger partial charge in [-0.05, 0) is 70.4 Å². The van der Waals surface area contributed by atoms with Crippen molar-refractivity contribution in [2.45, 2.75) is 100 Å². The highest BCUT2D eigenvalue weighted by molar-refractivity contribution is 7.79. The molecule has 18 heteroatoms. The van der Waals surface area contributed by atoms with Crippen LogP contribution in [0.1, 0.15) is 109 Å². The normalized spacial score (nSPS) is 24.1. The van der Waals surface area contributed by atoms with E-state index in [0.717, 1.165) is 0 Å². The van der Waals surface area contributed by atoms with Crippen LogP contribution in [0.4, 0.5) is 26.3 Å². The third kappa shape index (κ3) is 7.83. The zero-order chi connectivity index (χ0) is 36.0. The summed E-state index contributed by atoms with van der Waals surface area (Å²) in [5.74, 6) is -3.02. The molecule has 4 heterocycles. The first-order valence-electron chi connectivity index (χ1n) is 16.7. The van der Waals surface area contributed by atoms with Crippen molar-refractivity contribution in [1.29, 1.82) is 0 Å². The minimum atomic E-state index is -4.22. The van der Waals surface area contributed by atoms with Crippen LogP contribution in [-0.2, 0) is 17.6 Å². The highest BCUT2D eigenvalue weighted by Gasteiger charge is 2.43. The molecule has 2 aliphatic carbocycles. The van der Waals surface area contributed by atoms with Crippen molar-refractivity contribution in [1.82, 2.24) is 34.5 Å². The van der Waals surface area contributed by atoms with Crippen LogP contribution in [-0.4, -0.2) is 68.5 Å². The second kappa shape index (κ2) is 14.4. The van der Waals surface area contributed by atoms with Gasteiger partial charge in [0, 0.05) is 49.3 Å². The van der Waals surface area contributed by atoms with Crippen LogP contribution < -0.4 is 11.1 Å². The van der Waals surface area contributed by atoms with Gasteiger partial charge in [-0.25, -0.2) is 23.2 Å². The predicted octanol–water partition coefficient (Wildman–Crippen LogP) is 5.80. The number of hydrogen-bond acceptors (Lipinski definition) is 8. The third-order valence-electron chi connectivity index (χ3n) is 10.1. The van der Waals surface area contributed by atoms with Crippen molar-refractivity contribution in [3.8, 4) is 0 Å². The topological polar surface area (TPSA) is 156 Å². The van der Waals surface area contributed by atoms with E-state index in [-0.39, 0.29) is 57.2 Å². The molecule has 0 aromatic carbocycles. The lowest BCUT2D eigenvalue weighted by Crippen LogP contribution is -2.27. The van der Waals surface area contributed by atoms with Gasteiger partial charge in [-0.2, -0.15) is 36.5 Å². The highest BCUT2D eigenvalue weighted by atomic mass is 32.2. The Hall–Kier alpha value is -3.19. The summed E-state index contributed by atoms with van der Waals surface area (Å²) >= 11 is -2.37. The average Bonchev–Trinajstić information content (AvgIpc) is 3.70. The molecule has 2 saturated carbocycles. The molecule has 3 atom stereocenters. The molecule has 2 fully saturated rings. The lowest BCUT2D eigenvalue weighted by molar-refractivity contribution is -0.183. The molecule has 0 amide bonds. The van der Waals surface area contributed by atoms with Gasteiger partial charge in [0.05, 0.1) is 40.3 Å². The van der Waals surface area contributed by atoms with E-state index in [2.05, 4.69) is 25.5 Å². The summed E-state index contributed by atoms with van der Waals surface area (Å²) in [6.07, 6.45) is -8.17. The van der Waals surface area contributed by atoms with E-state index < -0.39 is 46.6 Å². The molecule has 274 valence electrons. The standard InChI is InChI=1S/C32H40F6N8O3S/c1-17-10-26(46-29(41-17)12-23(44-46)18-2-6-20(7-3-18)31(33,34)35)28(50(48)49)16-40-15-22-11-25(27(47)14-39)45-30(42-22)13-24(43-45)19-4-8-21(9-5-19)32(36,37)38/h10-13,18-21,27-28,40,47H,2-9,14-16,39H2,1H3,(H,48,49)/t18?,19?,20?,21?,27-,28?/m1/s1. The fourth-order valence-electron chi connectivity index (χ4n) is 7.34. The van der Waals surface area contributed by atoms with Crippen LogP contribution in [0.5, 0.6) is 0 Å². The van der Waals surface area contributed by atoms with Crippen molar-refractivity contribution in [3.05, 3.63) is 58.4 Å². The van der Waals surface area contributed by atoms with Crippen molar-refractivity contribution in [3.63, 3.8) is 0 Å². The minimum Gasteiger partial charge on any atom is -0.385 e. The summed E-state index contributed by atoms with van der Waals surface area (Å²) in [7, 11) is 0. The van der Waals surface area contributed by atoms with Crippen LogP contribution in [0.25, 0.3) is 11.3 Å². The SMILES string of the molecule is Cc1cc(C(CNCc2cc([C@H](O)CN)n3nc(C4CCC(C(F)(F)F)CC4)cc3n2)S(=O)O)n2nc(C3CCC(C(F)(F)F)CC3)cc2n1. The second-order valence-electron chi connectivity index (χ2n) is 13.5. The number of nitrogens with two attached hydrogens (primary N) is 1. The van der Waals surface area contributed by atoms with Gasteiger partial charge in [0.15, 0.2) is 22.4 Å². The van der Waals surface area contributed by atoms with Gasteiger partial charge < -0.3 is 20.7 Å². The van der Waals surface area contributed by atoms with Crippen molar-refractivity contribution in [2.75, 3.05) is 13.1 Å². The molecule has 0 bridgehead atoms. The summed E-state index contributed by atoms with van der Waals surface area (Å²) in [4.78, 5) is 9.15. The predicted molar refractivity (Wildman–Crippen MR) is 171 cm³/mol. The molecule has 2 aliphatic rings. The maximum atomic E-state index is 13.2.